The first-order chi connectivity index (χ1) is 20.9. The number of amides is 1. The summed E-state index contributed by atoms with van der Waals surface area (Å²) in [5.41, 5.74) is 5.84. The molecule has 2 aromatic heterocycles. The van der Waals surface area contributed by atoms with E-state index in [4.69, 9.17) is 9.47 Å². The molecule has 2 aliphatic heterocycles. The number of ether oxygens (including phenoxy) is 2. The van der Waals surface area contributed by atoms with Crippen molar-refractivity contribution in [1.29, 1.82) is 0 Å². The van der Waals surface area contributed by atoms with Crippen molar-refractivity contribution in [3.8, 4) is 0 Å². The smallest absolute Gasteiger partial charge is 0.253 e. The van der Waals surface area contributed by atoms with E-state index in [1.54, 1.807) is 7.11 Å². The van der Waals surface area contributed by atoms with Gasteiger partial charge in [-0.25, -0.2) is 0 Å². The Kier molecular flexibility index (Phi) is 4.99. The van der Waals surface area contributed by atoms with E-state index in [0.717, 1.165) is 61.2 Å². The van der Waals surface area contributed by atoms with Gasteiger partial charge in [0.25, 0.3) is 5.91 Å². The first-order valence-corrected chi connectivity index (χ1v) is 15.0. The number of aryl methyl sites for hydroxylation is 1. The molecule has 0 saturated carbocycles. The zero-order chi connectivity index (χ0) is 29.2. The Morgan fingerprint density at radius 3 is 2.33 bits per heavy atom. The van der Waals surface area contributed by atoms with Crippen LogP contribution in [0.1, 0.15) is 52.3 Å². The standard InChI is InChI=1S/C36H31N3O4/c1-36-34(42-3)26(37(2)35(41)20-11-5-4-6-12-20)19-28(43-36)38-24-15-9-7-13-21(24)31-30-23(17-18-27(30)40)29-22-14-8-10-16-25(22)39(36)33(29)32(31)38/h4-16,26,28,34H,17-19H2,1-3H3/t26?,28-,34?,36+/m1/s1. The molecule has 3 aliphatic rings. The van der Waals surface area contributed by atoms with Crippen molar-refractivity contribution in [2.24, 2.45) is 0 Å². The minimum absolute atomic E-state index is 0.0537. The lowest BCUT2D eigenvalue weighted by Crippen LogP contribution is -2.61. The minimum atomic E-state index is -0.960. The van der Waals surface area contributed by atoms with Gasteiger partial charge in [-0.3, -0.25) is 9.59 Å². The molecular formula is C36H31N3O4. The van der Waals surface area contributed by atoms with Crippen molar-refractivity contribution in [2.45, 2.75) is 50.3 Å². The summed E-state index contributed by atoms with van der Waals surface area (Å²) in [6.45, 7) is 2.10. The second kappa shape index (κ2) is 8.56. The maximum absolute atomic E-state index is 13.9. The Hall–Kier alpha value is -4.46. The molecule has 7 heteroatoms. The predicted molar refractivity (Wildman–Crippen MR) is 167 cm³/mol. The molecule has 0 N–H and O–H groups in total. The van der Waals surface area contributed by atoms with E-state index in [1.807, 2.05) is 54.4 Å². The van der Waals surface area contributed by atoms with Crippen molar-refractivity contribution in [3.05, 3.63) is 95.6 Å². The molecule has 43 heavy (non-hydrogen) atoms. The number of ketones is 1. The molecule has 7 nitrogen and oxygen atoms in total. The molecule has 4 aromatic carbocycles. The molecular weight excluding hydrogens is 538 g/mol. The third kappa shape index (κ3) is 3.01. The van der Waals surface area contributed by atoms with Crippen LogP contribution in [-0.2, 0) is 21.6 Å². The van der Waals surface area contributed by atoms with Gasteiger partial charge in [-0.15, -0.1) is 0 Å². The summed E-state index contributed by atoms with van der Waals surface area (Å²) in [5.74, 6) is 0.152. The molecule has 4 heterocycles. The van der Waals surface area contributed by atoms with Gasteiger partial charge in [-0.2, -0.15) is 0 Å². The second-order valence-electron chi connectivity index (χ2n) is 12.3. The van der Waals surface area contributed by atoms with Crippen molar-refractivity contribution >= 4 is 55.3 Å². The van der Waals surface area contributed by atoms with Gasteiger partial charge in [-0.1, -0.05) is 54.6 Å². The summed E-state index contributed by atoms with van der Waals surface area (Å²) in [6, 6.07) is 25.9. The maximum atomic E-state index is 13.9. The Labute approximate surface area is 248 Å². The zero-order valence-electron chi connectivity index (χ0n) is 24.3. The van der Waals surface area contributed by atoms with Crippen LogP contribution in [0.3, 0.4) is 0 Å². The topological polar surface area (TPSA) is 65.7 Å². The van der Waals surface area contributed by atoms with E-state index in [0.29, 0.717) is 18.4 Å². The fourth-order valence-electron chi connectivity index (χ4n) is 8.56. The molecule has 0 spiro atoms. The summed E-state index contributed by atoms with van der Waals surface area (Å²) >= 11 is 0. The van der Waals surface area contributed by atoms with Crippen molar-refractivity contribution < 1.29 is 19.1 Å². The maximum Gasteiger partial charge on any atom is 0.253 e. The van der Waals surface area contributed by atoms with Crippen LogP contribution >= 0.6 is 0 Å². The highest BCUT2D eigenvalue weighted by Crippen LogP contribution is 2.54. The van der Waals surface area contributed by atoms with Gasteiger partial charge in [0.05, 0.1) is 28.1 Å². The van der Waals surface area contributed by atoms with Crippen LogP contribution in [0.2, 0.25) is 0 Å². The number of carbonyl (C=O) groups excluding carboxylic acids is 2. The van der Waals surface area contributed by atoms with Crippen LogP contribution < -0.4 is 0 Å². The lowest BCUT2D eigenvalue weighted by molar-refractivity contribution is -0.264. The van der Waals surface area contributed by atoms with Crippen molar-refractivity contribution in [1.82, 2.24) is 14.0 Å². The van der Waals surface area contributed by atoms with Crippen LogP contribution in [0.15, 0.2) is 78.9 Å². The number of para-hydroxylation sites is 2. The number of methoxy groups -OCH3 is 1. The van der Waals surface area contributed by atoms with Crippen LogP contribution in [0.25, 0.3) is 43.6 Å². The number of hydrogen-bond acceptors (Lipinski definition) is 4. The third-order valence-electron chi connectivity index (χ3n) is 10.3. The lowest BCUT2D eigenvalue weighted by atomic mass is 9.91. The van der Waals surface area contributed by atoms with Gasteiger partial charge in [0.15, 0.2) is 11.5 Å². The Balaban J connectivity index is 1.43. The van der Waals surface area contributed by atoms with Gasteiger partial charge in [0, 0.05) is 59.7 Å². The summed E-state index contributed by atoms with van der Waals surface area (Å²) < 4.78 is 18.2. The normalized spacial score (nSPS) is 24.3. The van der Waals surface area contributed by atoms with E-state index in [1.165, 1.54) is 0 Å². The van der Waals surface area contributed by atoms with Crippen LogP contribution in [0.5, 0.6) is 0 Å². The van der Waals surface area contributed by atoms with Crippen LogP contribution in [0, 0.1) is 0 Å². The van der Waals surface area contributed by atoms with Gasteiger partial charge < -0.3 is 23.5 Å². The number of aromatic nitrogens is 2. The van der Waals surface area contributed by atoms with E-state index >= 15 is 0 Å². The van der Waals surface area contributed by atoms with Crippen LogP contribution in [0.4, 0.5) is 0 Å². The Morgan fingerprint density at radius 2 is 1.58 bits per heavy atom. The van der Waals surface area contributed by atoms with E-state index in [9.17, 15) is 9.59 Å². The number of hydrogen-bond donors (Lipinski definition) is 0. The molecule has 9 rings (SSSR count). The number of rotatable bonds is 3. The van der Waals surface area contributed by atoms with E-state index in [-0.39, 0.29) is 17.7 Å². The molecule has 6 aromatic rings. The van der Waals surface area contributed by atoms with Crippen molar-refractivity contribution in [2.75, 3.05) is 14.2 Å². The largest absolute Gasteiger partial charge is 0.374 e. The van der Waals surface area contributed by atoms with Gasteiger partial charge in [0.2, 0.25) is 0 Å². The van der Waals surface area contributed by atoms with Crippen molar-refractivity contribution in [3.63, 3.8) is 0 Å². The summed E-state index contributed by atoms with van der Waals surface area (Å²) in [4.78, 5) is 29.4. The molecule has 4 atom stereocenters. The van der Waals surface area contributed by atoms with E-state index < -0.39 is 18.1 Å². The molecule has 2 bridgehead atoms. The number of Topliss-reactive ketones (excluding diaryl/α,β-unsaturated/α-hetero) is 1. The molecule has 214 valence electrons. The molecule has 1 amide bonds. The highest BCUT2D eigenvalue weighted by atomic mass is 16.6. The summed E-state index contributed by atoms with van der Waals surface area (Å²) in [5, 5.41) is 4.32. The highest BCUT2D eigenvalue weighted by Gasteiger charge is 2.55. The van der Waals surface area contributed by atoms with Gasteiger partial charge in [0.1, 0.15) is 12.3 Å². The van der Waals surface area contributed by atoms with Gasteiger partial charge >= 0.3 is 0 Å². The lowest BCUT2D eigenvalue weighted by Gasteiger charge is -2.50. The van der Waals surface area contributed by atoms with Gasteiger partial charge in [-0.05, 0) is 43.2 Å². The first-order valence-electron chi connectivity index (χ1n) is 15.0. The number of nitrogens with zero attached hydrogens (tertiary/aromatic N) is 3. The minimum Gasteiger partial charge on any atom is -0.374 e. The summed E-state index contributed by atoms with van der Waals surface area (Å²) in [7, 11) is 3.59. The SMILES string of the molecule is COC1C(N(C)C(=O)c2ccccc2)C[C@H]2O[C@]1(C)n1c3ccccc3c3c4c(c5c6ccccc6n2c5c31)C(=O)CC4. The average molecular weight is 570 g/mol. The Bertz CT molecular complexity index is 2180. The van der Waals surface area contributed by atoms with E-state index in [2.05, 4.69) is 52.5 Å². The summed E-state index contributed by atoms with van der Waals surface area (Å²) in [6.07, 6.45) is 0.911. The second-order valence-corrected chi connectivity index (χ2v) is 12.3. The number of fused-ring (bicyclic) bond motifs is 13. The molecule has 1 fully saturated rings. The molecule has 0 radical (unpaired) electrons. The highest BCUT2D eigenvalue weighted by molar-refractivity contribution is 6.31. The first kappa shape index (κ1) is 25.1. The quantitative estimate of drug-likeness (QED) is 0.235. The fraction of sp³-hybridized carbons (Fsp3) is 0.278. The molecule has 1 aliphatic carbocycles. The predicted octanol–water partition coefficient (Wildman–Crippen LogP) is 6.79. The fourth-order valence-corrected chi connectivity index (χ4v) is 8.56. The Morgan fingerprint density at radius 1 is 0.907 bits per heavy atom. The zero-order valence-corrected chi connectivity index (χ0v) is 24.3. The van der Waals surface area contributed by atoms with Crippen LogP contribution in [-0.4, -0.2) is 52.0 Å². The number of carbonyl (C=O) groups is 2. The molecule has 1 saturated heterocycles. The monoisotopic (exact) mass is 569 g/mol. The molecule has 2 unspecified atom stereocenters. The average Bonchev–Trinajstić information content (AvgIpc) is 3.68. The third-order valence-corrected chi connectivity index (χ3v) is 10.3. The number of benzene rings is 4. The number of likely N-dealkylation sites (N-methyl/N-ethyl adjacent to an activating group) is 1.